The van der Waals surface area contributed by atoms with Gasteiger partial charge in [0.1, 0.15) is 5.82 Å². The third kappa shape index (κ3) is 3.86. The number of hydrogen-bond acceptors (Lipinski definition) is 3. The van der Waals surface area contributed by atoms with Crippen LogP contribution in [0.5, 0.6) is 0 Å². The van der Waals surface area contributed by atoms with Crippen molar-refractivity contribution in [3.63, 3.8) is 0 Å². The fraction of sp³-hybridized carbons (Fsp3) is 0.333. The second-order valence-corrected chi connectivity index (χ2v) is 3.49. The summed E-state index contributed by atoms with van der Waals surface area (Å²) in [5.74, 6) is -0.337. The highest BCUT2D eigenvalue weighted by Crippen LogP contribution is 2.11. The molecule has 0 aliphatic heterocycles. The Labute approximate surface area is 99.5 Å². The Bertz CT molecular complexity index is 444. The number of halogens is 1. The molecule has 0 aromatic heterocycles. The van der Waals surface area contributed by atoms with Gasteiger partial charge in [-0.3, -0.25) is 0 Å². The van der Waals surface area contributed by atoms with Crippen LogP contribution in [0.1, 0.15) is 25.0 Å². The third-order valence-electron chi connectivity index (χ3n) is 2.18. The lowest BCUT2D eigenvalue weighted by molar-refractivity contribution is 0.152. The first-order chi connectivity index (χ1) is 8.04. The molecule has 0 unspecified atom stereocenters. The third-order valence-corrected chi connectivity index (χ3v) is 2.18. The summed E-state index contributed by atoms with van der Waals surface area (Å²) in [6.45, 7) is 5.51. The zero-order valence-corrected chi connectivity index (χ0v) is 10.1. The molecule has 17 heavy (non-hydrogen) atoms. The number of carbonyl (C=O) groups is 1. The summed E-state index contributed by atoms with van der Waals surface area (Å²) in [5.41, 5.74) is 4.30. The average Bonchev–Trinajstić information content (AvgIpc) is 2.29. The van der Waals surface area contributed by atoms with Crippen molar-refractivity contribution in [2.75, 3.05) is 6.61 Å². The lowest BCUT2D eigenvalue weighted by Gasteiger charge is -2.06. The molecule has 0 saturated heterocycles. The molecule has 0 saturated carbocycles. The van der Waals surface area contributed by atoms with Gasteiger partial charge in [-0.15, -0.1) is 0 Å². The van der Waals surface area contributed by atoms with Gasteiger partial charge in [0.05, 0.1) is 12.3 Å². The van der Waals surface area contributed by atoms with Crippen LogP contribution in [0.4, 0.5) is 9.18 Å². The standard InChI is InChI=1S/C12H15FN2O2/c1-4-17-12(16)15-14-9(3)11-7-10(13)6-5-8(11)2/h5-7H,4H2,1-3H3,(H,15,16). The van der Waals surface area contributed by atoms with Crippen molar-refractivity contribution in [3.8, 4) is 0 Å². The molecule has 92 valence electrons. The predicted octanol–water partition coefficient (Wildman–Crippen LogP) is 2.60. The SMILES string of the molecule is CCOC(=O)NN=C(C)c1cc(F)ccc1C. The first-order valence-corrected chi connectivity index (χ1v) is 5.28. The molecule has 0 atom stereocenters. The minimum absolute atomic E-state index is 0.277. The van der Waals surface area contributed by atoms with E-state index >= 15 is 0 Å². The van der Waals surface area contributed by atoms with Gasteiger partial charge in [0.2, 0.25) is 0 Å². The van der Waals surface area contributed by atoms with Crippen molar-refractivity contribution in [1.29, 1.82) is 0 Å². The van der Waals surface area contributed by atoms with Crippen LogP contribution in [0.2, 0.25) is 0 Å². The quantitative estimate of drug-likeness (QED) is 0.650. The van der Waals surface area contributed by atoms with Gasteiger partial charge in [-0.1, -0.05) is 6.07 Å². The van der Waals surface area contributed by atoms with Gasteiger partial charge in [-0.25, -0.2) is 14.6 Å². The molecule has 0 fully saturated rings. The van der Waals surface area contributed by atoms with Crippen LogP contribution in [-0.4, -0.2) is 18.4 Å². The van der Waals surface area contributed by atoms with Crippen LogP contribution in [0.25, 0.3) is 0 Å². The van der Waals surface area contributed by atoms with Gasteiger partial charge >= 0.3 is 6.09 Å². The van der Waals surface area contributed by atoms with E-state index in [4.69, 9.17) is 0 Å². The number of nitrogens with zero attached hydrogens (tertiary/aromatic N) is 1. The minimum Gasteiger partial charge on any atom is -0.449 e. The molecule has 1 aromatic rings. The molecule has 0 aliphatic carbocycles. The smallest absolute Gasteiger partial charge is 0.427 e. The van der Waals surface area contributed by atoms with E-state index in [1.54, 1.807) is 19.9 Å². The number of ether oxygens (including phenoxy) is 1. The predicted molar refractivity (Wildman–Crippen MR) is 63.5 cm³/mol. The molecule has 1 aromatic carbocycles. The van der Waals surface area contributed by atoms with Crippen LogP contribution < -0.4 is 5.43 Å². The molecule has 1 N–H and O–H groups in total. The summed E-state index contributed by atoms with van der Waals surface area (Å²) >= 11 is 0. The van der Waals surface area contributed by atoms with Crippen LogP contribution in [0.3, 0.4) is 0 Å². The van der Waals surface area contributed by atoms with Gasteiger partial charge < -0.3 is 4.74 Å². The maximum atomic E-state index is 13.1. The lowest BCUT2D eigenvalue weighted by atomic mass is 10.1. The highest BCUT2D eigenvalue weighted by atomic mass is 19.1. The van der Waals surface area contributed by atoms with E-state index in [9.17, 15) is 9.18 Å². The average molecular weight is 238 g/mol. The van der Waals surface area contributed by atoms with Crippen molar-refractivity contribution in [3.05, 3.63) is 35.1 Å². The molecule has 4 nitrogen and oxygen atoms in total. The first kappa shape index (κ1) is 13.2. The normalized spacial score (nSPS) is 11.2. The van der Waals surface area contributed by atoms with Gasteiger partial charge in [-0.2, -0.15) is 5.10 Å². The molecule has 1 amide bonds. The Balaban J connectivity index is 2.81. The molecule has 0 radical (unpaired) electrons. The zero-order chi connectivity index (χ0) is 12.8. The maximum absolute atomic E-state index is 13.1. The van der Waals surface area contributed by atoms with Crippen molar-refractivity contribution in [2.24, 2.45) is 5.10 Å². The molecular formula is C12H15FN2O2. The van der Waals surface area contributed by atoms with Crippen LogP contribution in [0.15, 0.2) is 23.3 Å². The van der Waals surface area contributed by atoms with E-state index in [0.717, 1.165) is 5.56 Å². The molecule has 0 bridgehead atoms. The molecule has 0 spiro atoms. The van der Waals surface area contributed by atoms with Crippen molar-refractivity contribution in [2.45, 2.75) is 20.8 Å². The molecular weight excluding hydrogens is 223 g/mol. The highest BCUT2D eigenvalue weighted by Gasteiger charge is 2.05. The van der Waals surface area contributed by atoms with Crippen molar-refractivity contribution < 1.29 is 13.9 Å². The summed E-state index contributed by atoms with van der Waals surface area (Å²) in [6, 6.07) is 4.42. The second-order valence-electron chi connectivity index (χ2n) is 3.49. The van der Waals surface area contributed by atoms with E-state index in [-0.39, 0.29) is 12.4 Å². The molecule has 0 aliphatic rings. The Morgan fingerprint density at radius 2 is 2.24 bits per heavy atom. The van der Waals surface area contributed by atoms with Gasteiger partial charge in [0.25, 0.3) is 0 Å². The summed E-state index contributed by atoms with van der Waals surface area (Å²) in [7, 11) is 0. The summed E-state index contributed by atoms with van der Waals surface area (Å²) < 4.78 is 17.7. The van der Waals surface area contributed by atoms with Crippen LogP contribution in [0, 0.1) is 12.7 Å². The second kappa shape index (κ2) is 5.98. The van der Waals surface area contributed by atoms with E-state index in [2.05, 4.69) is 15.3 Å². The van der Waals surface area contributed by atoms with Crippen LogP contribution in [-0.2, 0) is 4.74 Å². The molecule has 1 rings (SSSR count). The molecule has 5 heteroatoms. The number of nitrogens with one attached hydrogen (secondary N) is 1. The topological polar surface area (TPSA) is 50.7 Å². The van der Waals surface area contributed by atoms with Crippen molar-refractivity contribution in [1.82, 2.24) is 5.43 Å². The van der Waals surface area contributed by atoms with Gasteiger partial charge in [-0.05, 0) is 38.5 Å². The fourth-order valence-electron chi connectivity index (χ4n) is 1.34. The van der Waals surface area contributed by atoms with Gasteiger partial charge in [0.15, 0.2) is 0 Å². The number of hydrazone groups is 1. The fourth-order valence-corrected chi connectivity index (χ4v) is 1.34. The highest BCUT2D eigenvalue weighted by molar-refractivity contribution is 6.00. The van der Waals surface area contributed by atoms with E-state index < -0.39 is 6.09 Å². The zero-order valence-electron chi connectivity index (χ0n) is 10.1. The summed E-state index contributed by atoms with van der Waals surface area (Å²) in [4.78, 5) is 11.0. The Kier molecular flexibility index (Phi) is 4.63. The largest absolute Gasteiger partial charge is 0.449 e. The number of rotatable bonds is 3. The number of amides is 1. The van der Waals surface area contributed by atoms with Crippen LogP contribution >= 0.6 is 0 Å². The number of hydrogen-bond donors (Lipinski definition) is 1. The monoisotopic (exact) mass is 238 g/mol. The Morgan fingerprint density at radius 1 is 1.53 bits per heavy atom. The maximum Gasteiger partial charge on any atom is 0.427 e. The molecule has 0 heterocycles. The minimum atomic E-state index is -0.624. The summed E-state index contributed by atoms with van der Waals surface area (Å²) in [6.07, 6.45) is -0.624. The first-order valence-electron chi connectivity index (χ1n) is 5.28. The summed E-state index contributed by atoms with van der Waals surface area (Å²) in [5, 5.41) is 3.84. The Morgan fingerprint density at radius 3 is 2.88 bits per heavy atom. The number of aryl methyl sites for hydroxylation is 1. The lowest BCUT2D eigenvalue weighted by Crippen LogP contribution is -2.20. The van der Waals surface area contributed by atoms with Gasteiger partial charge in [0, 0.05) is 5.56 Å². The van der Waals surface area contributed by atoms with Crippen molar-refractivity contribution >= 4 is 11.8 Å². The number of carbonyl (C=O) groups excluding carboxylic acids is 1. The van der Waals surface area contributed by atoms with E-state index in [0.29, 0.717) is 11.3 Å². The Hall–Kier alpha value is -1.91. The van der Waals surface area contributed by atoms with E-state index in [1.807, 2.05) is 6.92 Å². The van der Waals surface area contributed by atoms with E-state index in [1.165, 1.54) is 12.1 Å². The number of benzene rings is 1.